The van der Waals surface area contributed by atoms with Gasteiger partial charge in [-0.1, -0.05) is 6.92 Å². The third-order valence-corrected chi connectivity index (χ3v) is 2.14. The molecule has 1 heterocycles. The third-order valence-electron chi connectivity index (χ3n) is 2.14. The van der Waals surface area contributed by atoms with Crippen LogP contribution in [0.2, 0.25) is 0 Å². The number of nitrogens with zero attached hydrogens (tertiary/aromatic N) is 3. The summed E-state index contributed by atoms with van der Waals surface area (Å²) in [7, 11) is 4.08. The third kappa shape index (κ3) is 2.08. The molecule has 0 amide bonds. The molecule has 0 spiro atoms. The summed E-state index contributed by atoms with van der Waals surface area (Å²) in [6.45, 7) is 6.23. The molecule has 0 saturated carbocycles. The van der Waals surface area contributed by atoms with E-state index in [1.165, 1.54) is 5.69 Å². The van der Waals surface area contributed by atoms with Crippen LogP contribution in [0.4, 0.5) is 0 Å². The zero-order valence-electron chi connectivity index (χ0n) is 8.33. The molecule has 0 unspecified atom stereocenters. The first-order valence-electron chi connectivity index (χ1n) is 4.31. The lowest BCUT2D eigenvalue weighted by atomic mass is 10.3. The molecule has 0 bridgehead atoms. The van der Waals surface area contributed by atoms with Crippen molar-refractivity contribution >= 4 is 0 Å². The maximum absolute atomic E-state index is 4.37. The molecule has 12 heavy (non-hydrogen) atoms. The van der Waals surface area contributed by atoms with Gasteiger partial charge in [-0.05, 0) is 26.6 Å². The molecule has 0 radical (unpaired) electrons. The SMILES string of the molecule is CCN(C)Cc1cc(C)n(C)n1. The first kappa shape index (κ1) is 9.26. The summed E-state index contributed by atoms with van der Waals surface area (Å²) in [5.74, 6) is 0. The molecule has 0 aliphatic rings. The van der Waals surface area contributed by atoms with Crippen molar-refractivity contribution in [1.29, 1.82) is 0 Å². The van der Waals surface area contributed by atoms with E-state index in [9.17, 15) is 0 Å². The molecule has 0 saturated heterocycles. The first-order chi connectivity index (χ1) is 5.63. The summed E-state index contributed by atoms with van der Waals surface area (Å²) in [4.78, 5) is 2.24. The average molecular weight is 167 g/mol. The van der Waals surface area contributed by atoms with Gasteiger partial charge in [-0.25, -0.2) is 0 Å². The topological polar surface area (TPSA) is 21.1 Å². The second-order valence-electron chi connectivity index (χ2n) is 3.23. The van der Waals surface area contributed by atoms with Gasteiger partial charge < -0.3 is 4.90 Å². The fourth-order valence-corrected chi connectivity index (χ4v) is 1.10. The lowest BCUT2D eigenvalue weighted by molar-refractivity contribution is 0.340. The van der Waals surface area contributed by atoms with Crippen LogP contribution < -0.4 is 0 Å². The Morgan fingerprint density at radius 1 is 1.58 bits per heavy atom. The van der Waals surface area contributed by atoms with Crippen molar-refractivity contribution in [1.82, 2.24) is 14.7 Å². The summed E-state index contributed by atoms with van der Waals surface area (Å²) < 4.78 is 1.92. The fraction of sp³-hybridized carbons (Fsp3) is 0.667. The van der Waals surface area contributed by atoms with Crippen LogP contribution in [0.1, 0.15) is 18.3 Å². The summed E-state index contributed by atoms with van der Waals surface area (Å²) in [6.07, 6.45) is 0. The zero-order chi connectivity index (χ0) is 9.14. The molecule has 1 rings (SSSR count). The molecule has 0 fully saturated rings. The van der Waals surface area contributed by atoms with Gasteiger partial charge >= 0.3 is 0 Å². The molecule has 1 aromatic rings. The normalized spacial score (nSPS) is 11.1. The summed E-state index contributed by atoms with van der Waals surface area (Å²) >= 11 is 0. The Labute approximate surface area is 74.0 Å². The predicted molar refractivity (Wildman–Crippen MR) is 50.0 cm³/mol. The minimum absolute atomic E-state index is 0.943. The van der Waals surface area contributed by atoms with Gasteiger partial charge in [0.1, 0.15) is 0 Å². The van der Waals surface area contributed by atoms with Crippen molar-refractivity contribution in [2.45, 2.75) is 20.4 Å². The Kier molecular flexibility index (Phi) is 2.87. The molecular weight excluding hydrogens is 150 g/mol. The molecule has 0 atom stereocenters. The lowest BCUT2D eigenvalue weighted by Crippen LogP contribution is -2.17. The lowest BCUT2D eigenvalue weighted by Gasteiger charge is -2.10. The van der Waals surface area contributed by atoms with E-state index in [0.29, 0.717) is 0 Å². The molecule has 0 aliphatic carbocycles. The Morgan fingerprint density at radius 3 is 2.67 bits per heavy atom. The van der Waals surface area contributed by atoms with Crippen LogP contribution in [0.15, 0.2) is 6.07 Å². The monoisotopic (exact) mass is 167 g/mol. The van der Waals surface area contributed by atoms with E-state index in [-0.39, 0.29) is 0 Å². The highest BCUT2D eigenvalue weighted by atomic mass is 15.3. The van der Waals surface area contributed by atoms with Gasteiger partial charge in [0.15, 0.2) is 0 Å². The van der Waals surface area contributed by atoms with Gasteiger partial charge in [0.05, 0.1) is 5.69 Å². The number of aromatic nitrogens is 2. The van der Waals surface area contributed by atoms with Gasteiger partial charge in [-0.2, -0.15) is 5.10 Å². The first-order valence-corrected chi connectivity index (χ1v) is 4.31. The molecule has 68 valence electrons. The van der Waals surface area contributed by atoms with Crippen LogP contribution in [0.3, 0.4) is 0 Å². The van der Waals surface area contributed by atoms with E-state index >= 15 is 0 Å². The van der Waals surface area contributed by atoms with Crippen molar-refractivity contribution < 1.29 is 0 Å². The van der Waals surface area contributed by atoms with Gasteiger partial charge in [0.25, 0.3) is 0 Å². The Morgan fingerprint density at radius 2 is 2.25 bits per heavy atom. The molecule has 3 nitrogen and oxygen atoms in total. The Balaban J connectivity index is 2.64. The van der Waals surface area contributed by atoms with Crippen molar-refractivity contribution in [3.05, 3.63) is 17.5 Å². The van der Waals surface area contributed by atoms with E-state index in [1.54, 1.807) is 0 Å². The maximum atomic E-state index is 4.37. The van der Waals surface area contributed by atoms with Gasteiger partial charge in [-0.15, -0.1) is 0 Å². The van der Waals surface area contributed by atoms with Gasteiger partial charge in [0.2, 0.25) is 0 Å². The van der Waals surface area contributed by atoms with Crippen molar-refractivity contribution in [2.24, 2.45) is 7.05 Å². The standard InChI is InChI=1S/C9H17N3/c1-5-11(3)7-9-6-8(2)12(4)10-9/h6H,5,7H2,1-4H3. The Hall–Kier alpha value is -0.830. The average Bonchev–Trinajstić information content (AvgIpc) is 2.31. The van der Waals surface area contributed by atoms with E-state index < -0.39 is 0 Å². The second kappa shape index (κ2) is 3.72. The molecule has 0 aromatic carbocycles. The van der Waals surface area contributed by atoms with Crippen molar-refractivity contribution in [3.8, 4) is 0 Å². The van der Waals surface area contributed by atoms with Crippen LogP contribution in [0, 0.1) is 6.92 Å². The predicted octanol–water partition coefficient (Wildman–Crippen LogP) is 1.18. The van der Waals surface area contributed by atoms with Crippen molar-refractivity contribution in [3.63, 3.8) is 0 Å². The highest BCUT2D eigenvalue weighted by molar-refractivity contribution is 5.07. The maximum Gasteiger partial charge on any atom is 0.0767 e. The van der Waals surface area contributed by atoms with E-state index in [4.69, 9.17) is 0 Å². The molecule has 0 aliphatic heterocycles. The minimum atomic E-state index is 0.943. The van der Waals surface area contributed by atoms with E-state index in [1.807, 2.05) is 11.7 Å². The van der Waals surface area contributed by atoms with E-state index in [2.05, 4.69) is 37.0 Å². The van der Waals surface area contributed by atoms with Crippen LogP contribution in [0.5, 0.6) is 0 Å². The Bertz CT molecular complexity index is 233. The fourth-order valence-electron chi connectivity index (χ4n) is 1.10. The largest absolute Gasteiger partial charge is 0.301 e. The number of hydrogen-bond donors (Lipinski definition) is 0. The number of rotatable bonds is 3. The van der Waals surface area contributed by atoms with Crippen LogP contribution in [-0.4, -0.2) is 28.3 Å². The van der Waals surface area contributed by atoms with Crippen LogP contribution in [0.25, 0.3) is 0 Å². The number of hydrogen-bond acceptors (Lipinski definition) is 2. The smallest absolute Gasteiger partial charge is 0.0767 e. The molecule has 1 aromatic heterocycles. The van der Waals surface area contributed by atoms with Crippen LogP contribution in [-0.2, 0) is 13.6 Å². The minimum Gasteiger partial charge on any atom is -0.301 e. The number of aryl methyl sites for hydroxylation is 2. The zero-order valence-corrected chi connectivity index (χ0v) is 8.33. The summed E-state index contributed by atoms with van der Waals surface area (Å²) in [5, 5.41) is 4.37. The second-order valence-corrected chi connectivity index (χ2v) is 3.23. The quantitative estimate of drug-likeness (QED) is 0.674. The van der Waals surface area contributed by atoms with Crippen LogP contribution >= 0.6 is 0 Å². The molecule has 3 heteroatoms. The van der Waals surface area contributed by atoms with E-state index in [0.717, 1.165) is 18.8 Å². The highest BCUT2D eigenvalue weighted by Crippen LogP contribution is 2.03. The van der Waals surface area contributed by atoms with Crippen molar-refractivity contribution in [2.75, 3.05) is 13.6 Å². The molecular formula is C9H17N3. The highest BCUT2D eigenvalue weighted by Gasteiger charge is 2.02. The summed E-state index contributed by atoms with van der Waals surface area (Å²) in [5.41, 5.74) is 2.37. The van der Waals surface area contributed by atoms with Gasteiger partial charge in [-0.3, -0.25) is 4.68 Å². The van der Waals surface area contributed by atoms with Gasteiger partial charge in [0, 0.05) is 19.3 Å². The molecule has 0 N–H and O–H groups in total. The summed E-state index contributed by atoms with van der Waals surface area (Å²) in [6, 6.07) is 2.13.